The number of nitrogens with one attached hydrogen (secondary N) is 1. The molecule has 32 heavy (non-hydrogen) atoms. The number of rotatable bonds is 8. The Bertz CT molecular complexity index is 975. The van der Waals surface area contributed by atoms with E-state index >= 15 is 0 Å². The van der Waals surface area contributed by atoms with Gasteiger partial charge in [0, 0.05) is 37.7 Å². The molecular formula is C23H33N3O5S. The molecule has 0 aliphatic carbocycles. The molecule has 2 heterocycles. The molecule has 0 bridgehead atoms. The zero-order valence-electron chi connectivity index (χ0n) is 19.3. The fourth-order valence-electron chi connectivity index (χ4n) is 4.03. The smallest absolute Gasteiger partial charge is 0.285 e. The van der Waals surface area contributed by atoms with Crippen LogP contribution in [0.4, 0.5) is 0 Å². The average Bonchev–Trinajstić information content (AvgIpc) is 3.02. The first kappa shape index (κ1) is 24.3. The van der Waals surface area contributed by atoms with Gasteiger partial charge in [-0.1, -0.05) is 0 Å². The maximum absolute atomic E-state index is 12.8. The van der Waals surface area contributed by atoms with E-state index in [0.29, 0.717) is 61.8 Å². The van der Waals surface area contributed by atoms with E-state index in [2.05, 4.69) is 9.71 Å². The highest BCUT2D eigenvalue weighted by Gasteiger charge is 2.35. The molecule has 0 saturated carbocycles. The van der Waals surface area contributed by atoms with Crippen LogP contribution >= 0.6 is 0 Å². The lowest BCUT2D eigenvalue weighted by molar-refractivity contribution is -0.126. The number of amides is 1. The van der Waals surface area contributed by atoms with Crippen molar-refractivity contribution in [3.8, 4) is 5.75 Å². The molecule has 1 aromatic carbocycles. The SMILES string of the molecule is COc1ccc(C2=C(C)C(N3CCC(C(=O)NCCCOC(C)C)CC3)=NS2(=O)=O)cc1. The molecule has 8 nitrogen and oxygen atoms in total. The molecule has 0 atom stereocenters. The fourth-order valence-corrected chi connectivity index (χ4v) is 5.51. The molecule has 2 aliphatic heterocycles. The standard InChI is InChI=1S/C23H33N3O5S/c1-16(2)31-15-5-12-24-23(27)19-10-13-26(14-11-19)22-17(3)21(32(28,29)25-22)18-6-8-20(30-4)9-7-18/h6-9,16,19H,5,10-15H2,1-4H3,(H,24,27). The summed E-state index contributed by atoms with van der Waals surface area (Å²) in [6.07, 6.45) is 2.31. The molecule has 1 fully saturated rings. The summed E-state index contributed by atoms with van der Waals surface area (Å²) in [5.74, 6) is 1.14. The fraction of sp³-hybridized carbons (Fsp3) is 0.565. The largest absolute Gasteiger partial charge is 0.497 e. The monoisotopic (exact) mass is 463 g/mol. The first-order valence-corrected chi connectivity index (χ1v) is 12.5. The van der Waals surface area contributed by atoms with E-state index in [-0.39, 0.29) is 22.8 Å². The predicted octanol–water partition coefficient (Wildman–Crippen LogP) is 2.81. The van der Waals surface area contributed by atoms with Crippen LogP contribution in [0.5, 0.6) is 5.75 Å². The van der Waals surface area contributed by atoms with Crippen LogP contribution in [0.1, 0.15) is 45.6 Å². The molecule has 0 aromatic heterocycles. The van der Waals surface area contributed by atoms with Gasteiger partial charge in [-0.15, -0.1) is 4.40 Å². The Morgan fingerprint density at radius 1 is 1.22 bits per heavy atom. The van der Waals surface area contributed by atoms with E-state index in [1.165, 1.54) is 0 Å². The summed E-state index contributed by atoms with van der Waals surface area (Å²) in [5, 5.41) is 2.99. The molecule has 1 saturated heterocycles. The van der Waals surface area contributed by atoms with Crippen molar-refractivity contribution in [1.82, 2.24) is 10.2 Å². The highest BCUT2D eigenvalue weighted by Crippen LogP contribution is 2.35. The Morgan fingerprint density at radius 2 is 1.88 bits per heavy atom. The van der Waals surface area contributed by atoms with E-state index in [1.54, 1.807) is 38.3 Å². The lowest BCUT2D eigenvalue weighted by Crippen LogP contribution is -2.43. The predicted molar refractivity (Wildman–Crippen MR) is 125 cm³/mol. The number of benzene rings is 1. The summed E-state index contributed by atoms with van der Waals surface area (Å²) in [7, 11) is -2.20. The van der Waals surface area contributed by atoms with Crippen molar-refractivity contribution in [2.45, 2.75) is 46.1 Å². The number of hydrogen-bond donors (Lipinski definition) is 1. The van der Waals surface area contributed by atoms with Gasteiger partial charge < -0.3 is 19.7 Å². The van der Waals surface area contributed by atoms with Crippen LogP contribution in [-0.4, -0.2) is 64.5 Å². The molecule has 0 unspecified atom stereocenters. The van der Waals surface area contributed by atoms with Crippen molar-refractivity contribution in [1.29, 1.82) is 0 Å². The van der Waals surface area contributed by atoms with E-state index in [4.69, 9.17) is 9.47 Å². The molecule has 1 aromatic rings. The number of likely N-dealkylation sites (tertiary alicyclic amines) is 1. The van der Waals surface area contributed by atoms with Crippen molar-refractivity contribution in [3.05, 3.63) is 35.4 Å². The minimum atomic E-state index is -3.77. The first-order valence-electron chi connectivity index (χ1n) is 11.1. The summed E-state index contributed by atoms with van der Waals surface area (Å²) in [4.78, 5) is 14.7. The van der Waals surface area contributed by atoms with Gasteiger partial charge in [0.2, 0.25) is 5.91 Å². The number of nitrogens with zero attached hydrogens (tertiary/aromatic N) is 2. The summed E-state index contributed by atoms with van der Waals surface area (Å²) < 4.78 is 40.3. The average molecular weight is 464 g/mol. The van der Waals surface area contributed by atoms with Crippen molar-refractivity contribution < 1.29 is 22.7 Å². The zero-order valence-corrected chi connectivity index (χ0v) is 20.1. The number of carbonyl (C=O) groups excluding carboxylic acids is 1. The molecular weight excluding hydrogens is 430 g/mol. The maximum atomic E-state index is 12.8. The second-order valence-corrected chi connectivity index (χ2v) is 9.94. The zero-order chi connectivity index (χ0) is 23.3. The molecule has 2 aliphatic rings. The number of sulfonamides is 1. The van der Waals surface area contributed by atoms with Gasteiger partial charge >= 0.3 is 0 Å². The van der Waals surface area contributed by atoms with E-state index in [0.717, 1.165) is 6.42 Å². The molecule has 9 heteroatoms. The van der Waals surface area contributed by atoms with Crippen LogP contribution in [0.25, 0.3) is 4.91 Å². The number of amidine groups is 1. The highest BCUT2D eigenvalue weighted by atomic mass is 32.2. The Labute approximate surface area is 190 Å². The molecule has 0 radical (unpaired) electrons. The van der Waals surface area contributed by atoms with Gasteiger partial charge in [0.15, 0.2) is 0 Å². The minimum Gasteiger partial charge on any atom is -0.497 e. The molecule has 3 rings (SSSR count). The van der Waals surface area contributed by atoms with Gasteiger partial charge in [-0.25, -0.2) is 0 Å². The Kier molecular flexibility index (Phi) is 7.95. The second kappa shape index (κ2) is 10.5. The third-order valence-corrected chi connectivity index (χ3v) is 7.20. The number of ether oxygens (including phenoxy) is 2. The van der Waals surface area contributed by atoms with Gasteiger partial charge in [0.1, 0.15) is 16.5 Å². The lowest BCUT2D eigenvalue weighted by atomic mass is 9.95. The topological polar surface area (TPSA) is 97.3 Å². The van der Waals surface area contributed by atoms with Gasteiger partial charge in [0.25, 0.3) is 10.0 Å². The number of methoxy groups -OCH3 is 1. The van der Waals surface area contributed by atoms with Crippen LogP contribution in [-0.2, 0) is 19.6 Å². The van der Waals surface area contributed by atoms with E-state index in [1.807, 2.05) is 18.7 Å². The summed E-state index contributed by atoms with van der Waals surface area (Å²) in [6.45, 7) is 8.19. The van der Waals surface area contributed by atoms with Crippen LogP contribution in [0.3, 0.4) is 0 Å². The van der Waals surface area contributed by atoms with Crippen molar-refractivity contribution in [2.75, 3.05) is 33.4 Å². The van der Waals surface area contributed by atoms with E-state index < -0.39 is 10.0 Å². The minimum absolute atomic E-state index is 0.0568. The number of piperidine rings is 1. The van der Waals surface area contributed by atoms with Crippen LogP contribution in [0.2, 0.25) is 0 Å². The van der Waals surface area contributed by atoms with Crippen molar-refractivity contribution in [3.63, 3.8) is 0 Å². The van der Waals surface area contributed by atoms with Gasteiger partial charge in [0.05, 0.1) is 13.2 Å². The van der Waals surface area contributed by atoms with Crippen molar-refractivity contribution >= 4 is 26.7 Å². The molecule has 1 N–H and O–H groups in total. The second-order valence-electron chi connectivity index (χ2n) is 8.40. The van der Waals surface area contributed by atoms with Gasteiger partial charge in [-0.2, -0.15) is 8.42 Å². The normalized spacial score (nSPS) is 18.8. The summed E-state index contributed by atoms with van der Waals surface area (Å²) in [5.41, 5.74) is 1.24. The maximum Gasteiger partial charge on any atom is 0.285 e. The van der Waals surface area contributed by atoms with Crippen molar-refractivity contribution in [2.24, 2.45) is 10.3 Å². The third-order valence-electron chi connectivity index (χ3n) is 5.73. The lowest BCUT2D eigenvalue weighted by Gasteiger charge is -2.32. The summed E-state index contributed by atoms with van der Waals surface area (Å²) in [6, 6.07) is 6.94. The quantitative estimate of drug-likeness (QED) is 0.596. The summed E-state index contributed by atoms with van der Waals surface area (Å²) >= 11 is 0. The van der Waals surface area contributed by atoms with Crippen LogP contribution in [0.15, 0.2) is 34.2 Å². The Balaban J connectivity index is 1.59. The Hall–Kier alpha value is -2.39. The highest BCUT2D eigenvalue weighted by molar-refractivity contribution is 8.00. The first-order chi connectivity index (χ1) is 15.2. The molecule has 176 valence electrons. The number of carbonyl (C=O) groups is 1. The van der Waals surface area contributed by atoms with Crippen LogP contribution in [0, 0.1) is 5.92 Å². The van der Waals surface area contributed by atoms with Gasteiger partial charge in [-0.3, -0.25) is 4.79 Å². The molecule has 0 spiro atoms. The van der Waals surface area contributed by atoms with E-state index in [9.17, 15) is 13.2 Å². The molecule has 1 amide bonds. The number of hydrogen-bond acceptors (Lipinski definition) is 6. The third kappa shape index (κ3) is 5.69. The van der Waals surface area contributed by atoms with Crippen LogP contribution < -0.4 is 10.1 Å². The van der Waals surface area contributed by atoms with Gasteiger partial charge in [-0.05, 0) is 69.9 Å². The Morgan fingerprint density at radius 3 is 2.47 bits per heavy atom.